The third-order valence-corrected chi connectivity index (χ3v) is 35.3. The number of likely N-dealkylation sites (N-methyl/N-ethyl adjacent to an activating group) is 5. The molecule has 7 aliphatic carbocycles. The number of likely N-dealkylation sites (tertiary alicyclic amines) is 2. The molecule has 4 aliphatic heterocycles. The Morgan fingerprint density at radius 1 is 0.323 bits per heavy atom. The Hall–Kier alpha value is -1.32. The molecule has 32 heteroatoms. The topological polar surface area (TPSA) is 196 Å². The summed E-state index contributed by atoms with van der Waals surface area (Å²) in [5, 5.41) is 54.6. The van der Waals surface area contributed by atoms with Crippen molar-refractivity contribution in [2.24, 2.45) is 41.4 Å². The smallest absolute Gasteiger partial charge is 0.229 e. The summed E-state index contributed by atoms with van der Waals surface area (Å²) in [5.74, 6) is 4.04. The van der Waals surface area contributed by atoms with Gasteiger partial charge in [0.25, 0.3) is 0 Å². The van der Waals surface area contributed by atoms with Crippen molar-refractivity contribution in [3.63, 3.8) is 0 Å². The van der Waals surface area contributed by atoms with Gasteiger partial charge in [0.15, 0.2) is 0 Å². The molecule has 4 heterocycles. The molecule has 8 N–H and O–H groups in total. The van der Waals surface area contributed by atoms with E-state index < -0.39 is 18.1 Å². The number of nitrogens with zero attached hydrogens (tertiary/aromatic N) is 2. The van der Waals surface area contributed by atoms with Gasteiger partial charge in [-0.3, -0.25) is 0 Å². The van der Waals surface area contributed by atoms with Crippen LogP contribution < -0.4 is 26.6 Å². The molecule has 0 bridgehead atoms. The Bertz CT molecular complexity index is 4740. The lowest BCUT2D eigenvalue weighted by molar-refractivity contribution is 0.169. The lowest BCUT2D eigenvalue weighted by Gasteiger charge is -2.35. The lowest BCUT2D eigenvalue weighted by Crippen LogP contribution is -2.41. The van der Waals surface area contributed by atoms with Crippen LogP contribution in [0.4, 0.5) is 0 Å². The molecule has 11 fully saturated rings. The monoisotopic (exact) mass is 2140 g/mol. The molecule has 0 spiro atoms. The maximum atomic E-state index is 9.63. The van der Waals surface area contributed by atoms with Gasteiger partial charge in [0.05, 0.1) is 82.8 Å². The highest BCUT2D eigenvalue weighted by atomic mass is 35.7. The van der Waals surface area contributed by atoms with E-state index >= 15 is 0 Å². The minimum Gasteiger partial charge on any atom is -0.396 e. The van der Waals surface area contributed by atoms with Crippen LogP contribution in [0.3, 0.4) is 0 Å². The first kappa shape index (κ1) is 111. The van der Waals surface area contributed by atoms with Crippen LogP contribution >= 0.6 is 184 Å². The van der Waals surface area contributed by atoms with Crippen LogP contribution in [0.5, 0.6) is 0 Å². The molecule has 11 aliphatic rings. The number of halogens is 16. The van der Waals surface area contributed by atoms with Crippen LogP contribution in [-0.2, 0) is 56.0 Å². The first-order chi connectivity index (χ1) is 61.6. The second-order valence-electron chi connectivity index (χ2n) is 37.8. The number of aliphatic hydroxyl groups is 3. The van der Waals surface area contributed by atoms with Gasteiger partial charge >= 0.3 is 0 Å². The van der Waals surface area contributed by atoms with Gasteiger partial charge in [0.1, 0.15) is 0 Å². The predicted octanol–water partition coefficient (Wildman–Crippen LogP) is 25.3. The average molecular weight is 2150 g/mol. The molecule has 7 aromatic carbocycles. The molecular weight excluding hydrogens is 2020 g/mol. The Morgan fingerprint density at radius 3 is 0.762 bits per heavy atom. The Morgan fingerprint density at radius 2 is 0.531 bits per heavy atom. The van der Waals surface area contributed by atoms with Crippen LogP contribution in [0.15, 0.2) is 127 Å². The number of nitrogens with one attached hydrogen (secondary N) is 5. The highest BCUT2D eigenvalue weighted by Crippen LogP contribution is 2.56. The first-order valence-corrected chi connectivity index (χ1v) is 55.8. The predicted molar refractivity (Wildman–Crippen MR) is 554 cm³/mol. The number of aliphatic hydroxyl groups excluding tert-OH is 3. The molecule has 4 saturated heterocycles. The lowest BCUT2D eigenvalue weighted by atomic mass is 9.72. The molecule has 0 unspecified atom stereocenters. The Balaban J connectivity index is 0.000000155. The van der Waals surface area contributed by atoms with Crippen LogP contribution in [0.1, 0.15) is 174 Å². The van der Waals surface area contributed by atoms with Crippen molar-refractivity contribution in [1.82, 2.24) is 36.4 Å². The third kappa shape index (κ3) is 26.9. The van der Waals surface area contributed by atoms with E-state index in [-0.39, 0.29) is 36.1 Å². The number of hydrogen-bond donors (Lipinski definition) is 8. The molecular formula is C98H127Cl16N7O7S2. The molecule has 720 valence electrons. The molecule has 130 heavy (non-hydrogen) atoms. The zero-order valence-corrected chi connectivity index (χ0v) is 88.9. The van der Waals surface area contributed by atoms with Crippen LogP contribution in [0, 0.1) is 41.4 Å². The maximum absolute atomic E-state index is 9.63. The standard InChI is InChI=1S/3C14H19Cl2NO.2C14H17Cl2N.2C13H15Cl2N.2CH3ClO2S/c3*1-17-9-14(6-2-3-11(14)8-18)10-4-5-12(15)13(16)7-10;2*1-17-8-11-3-2-6-14(11,9-17)10-4-5-12(15)13(16)7-10;2*14-11-4-3-9(6-12(11)15)13-5-1-2-10(13)7-16-8-13;2*1-5(2,3)4/h3*4-5,7,11,17-18H,2-3,6,8-9H2,1H3;2*4-5,7,11H,2-3,6,8-9H2,1H3;2*3-4,6,10,16H,1-2,5,7-8H2;2*1H3/t5*11-,14+;2*10-,13+;;/m1001010../s1. The van der Waals surface area contributed by atoms with Gasteiger partial charge in [-0.1, -0.05) is 250 Å². The summed E-state index contributed by atoms with van der Waals surface area (Å²) in [6, 6.07) is 42.2. The molecule has 0 aromatic heterocycles. The molecule has 18 rings (SSSR count). The summed E-state index contributed by atoms with van der Waals surface area (Å²) < 4.78 is 37.6. The second kappa shape index (κ2) is 49.4. The van der Waals surface area contributed by atoms with Crippen molar-refractivity contribution in [3.05, 3.63) is 237 Å². The SMILES string of the molecule is CN1C[C@@H]2CCC[C@]2(c2ccc(Cl)c(Cl)c2)C1.CN1C[C@H]2CCC[C@@]2(c2ccc(Cl)c(Cl)c2)C1.CNC[C@@]1(c2ccc(Cl)c(Cl)c2)CCC[C@H]1CO.CNC[C@@]1(c2ccc(Cl)c(Cl)c2)CCC[C@H]1CO.CNC[C@]1(c2ccc(Cl)c(Cl)c2)CCC[C@@H]1CO.CS(=O)(=O)Cl.CS(=O)(=O)Cl.Clc1ccc([C@@]23CCC[C@@H]2CNC3)cc1Cl.Clc1ccc([C@]23CCC[C@H]2CNC3)cc1Cl. The number of benzene rings is 7. The fraction of sp³-hybridized carbons (Fsp3) is 0.571. The molecule has 14 nitrogen and oxygen atoms in total. The maximum Gasteiger partial charge on any atom is 0.229 e. The molecule has 0 amide bonds. The Labute approximate surface area is 852 Å². The zero-order chi connectivity index (χ0) is 95.0. The quantitative estimate of drug-likeness (QED) is 0.0426. The van der Waals surface area contributed by atoms with Crippen LogP contribution in [-0.4, -0.2) is 182 Å². The van der Waals surface area contributed by atoms with Gasteiger partial charge in [-0.25, -0.2) is 16.8 Å². The van der Waals surface area contributed by atoms with Crippen LogP contribution in [0.25, 0.3) is 0 Å². The van der Waals surface area contributed by atoms with Crippen molar-refractivity contribution in [2.75, 3.05) is 140 Å². The van der Waals surface area contributed by atoms with E-state index in [1.807, 2.05) is 100 Å². The second-order valence-corrected chi connectivity index (χ2v) is 49.6. The highest BCUT2D eigenvalue weighted by Gasteiger charge is 2.53. The van der Waals surface area contributed by atoms with Gasteiger partial charge in [0, 0.05) is 138 Å². The fourth-order valence-electron chi connectivity index (χ4n) is 24.2. The van der Waals surface area contributed by atoms with Gasteiger partial charge < -0.3 is 51.7 Å². The van der Waals surface area contributed by atoms with Crippen molar-refractivity contribution in [2.45, 2.75) is 173 Å². The van der Waals surface area contributed by atoms with Gasteiger partial charge in [-0.15, -0.1) is 0 Å². The molecule has 7 aromatic rings. The minimum absolute atomic E-state index is 0.0161. The molecule has 14 atom stereocenters. The highest BCUT2D eigenvalue weighted by molar-refractivity contribution is 8.13. The van der Waals surface area contributed by atoms with E-state index in [1.165, 1.54) is 129 Å². The number of fused-ring (bicyclic) bond motifs is 4. The normalized spacial score (nSPS) is 29.1. The summed E-state index contributed by atoms with van der Waals surface area (Å²) in [6.45, 7) is 12.5. The van der Waals surface area contributed by atoms with Crippen LogP contribution in [0.2, 0.25) is 70.3 Å². The van der Waals surface area contributed by atoms with E-state index in [9.17, 15) is 32.2 Å². The van der Waals surface area contributed by atoms with Crippen molar-refractivity contribution in [3.8, 4) is 0 Å². The van der Waals surface area contributed by atoms with E-state index in [4.69, 9.17) is 162 Å². The molecule has 0 radical (unpaired) electrons. The Kier molecular flexibility index (Phi) is 42.0. The summed E-state index contributed by atoms with van der Waals surface area (Å²) in [7, 11) is 12.9. The summed E-state index contributed by atoms with van der Waals surface area (Å²) >= 11 is 84.9. The third-order valence-electron chi connectivity index (χ3n) is 30.1. The van der Waals surface area contributed by atoms with Gasteiger partial charge in [-0.2, -0.15) is 0 Å². The number of hydrogen-bond acceptors (Lipinski definition) is 14. The van der Waals surface area contributed by atoms with Gasteiger partial charge in [0.2, 0.25) is 18.1 Å². The van der Waals surface area contributed by atoms with Gasteiger partial charge in [-0.05, 0) is 304 Å². The minimum atomic E-state index is -3.19. The van der Waals surface area contributed by atoms with E-state index in [0.29, 0.717) is 110 Å². The number of rotatable bonds is 16. The van der Waals surface area contributed by atoms with E-state index in [0.717, 1.165) is 153 Å². The molecule has 7 saturated carbocycles. The summed E-state index contributed by atoms with van der Waals surface area (Å²) in [4.78, 5) is 4.90. The zero-order valence-electron chi connectivity index (χ0n) is 75.1. The van der Waals surface area contributed by atoms with Crippen molar-refractivity contribution < 1.29 is 32.2 Å². The van der Waals surface area contributed by atoms with Crippen molar-refractivity contribution >= 4 is 202 Å². The first-order valence-electron chi connectivity index (χ1n) is 45.1. The largest absolute Gasteiger partial charge is 0.396 e. The van der Waals surface area contributed by atoms with E-state index in [2.05, 4.69) is 120 Å². The van der Waals surface area contributed by atoms with E-state index in [1.54, 1.807) is 0 Å². The summed E-state index contributed by atoms with van der Waals surface area (Å²) in [6.07, 6.45) is 27.6. The summed E-state index contributed by atoms with van der Waals surface area (Å²) in [5.41, 5.74) is 10.3. The average Bonchev–Trinajstić information content (AvgIpc) is 1.60. The van der Waals surface area contributed by atoms with Crippen molar-refractivity contribution in [1.29, 1.82) is 0 Å². The fourth-order valence-corrected chi connectivity index (χ4v) is 26.3.